The lowest BCUT2D eigenvalue weighted by Crippen LogP contribution is -2.51. The van der Waals surface area contributed by atoms with Crippen molar-refractivity contribution in [1.29, 1.82) is 0 Å². The molecule has 0 bridgehead atoms. The van der Waals surface area contributed by atoms with E-state index < -0.39 is 34.4 Å². The molecule has 3 aromatic carbocycles. The number of carbonyl (C=O) groups excluding carboxylic acids is 2. The number of halogens is 4. The molecule has 0 saturated heterocycles. The smallest absolute Gasteiger partial charge is 0.264 e. The molecule has 0 aliphatic heterocycles. The molecular formula is C26H25Cl4N3O4S. The molecule has 2 amide bonds. The Morgan fingerprint density at radius 2 is 1.53 bits per heavy atom. The average Bonchev–Trinajstić information content (AvgIpc) is 2.88. The van der Waals surface area contributed by atoms with E-state index in [-0.39, 0.29) is 27.2 Å². The number of rotatable bonds is 10. The van der Waals surface area contributed by atoms with Gasteiger partial charge in [-0.2, -0.15) is 0 Å². The lowest BCUT2D eigenvalue weighted by Gasteiger charge is -2.32. The Kier molecular flexibility index (Phi) is 10.3. The number of nitrogens with zero attached hydrogens (tertiary/aromatic N) is 2. The van der Waals surface area contributed by atoms with E-state index in [9.17, 15) is 18.0 Å². The minimum atomic E-state index is -4.28. The molecule has 0 fully saturated rings. The van der Waals surface area contributed by atoms with E-state index in [1.807, 2.05) is 0 Å². The number of hydrogen-bond donors (Lipinski definition) is 1. The normalized spacial score (nSPS) is 12.1. The van der Waals surface area contributed by atoms with E-state index in [4.69, 9.17) is 46.4 Å². The van der Waals surface area contributed by atoms with E-state index >= 15 is 0 Å². The van der Waals surface area contributed by atoms with Crippen LogP contribution in [0.4, 0.5) is 5.69 Å². The molecule has 1 atom stereocenters. The van der Waals surface area contributed by atoms with Crippen molar-refractivity contribution in [2.45, 2.75) is 31.3 Å². The molecule has 0 saturated carbocycles. The van der Waals surface area contributed by atoms with Crippen molar-refractivity contribution in [2.75, 3.05) is 17.4 Å². The maximum Gasteiger partial charge on any atom is 0.264 e. The van der Waals surface area contributed by atoms with Crippen LogP contribution in [0.5, 0.6) is 0 Å². The number of hydrogen-bond acceptors (Lipinski definition) is 4. The van der Waals surface area contributed by atoms with Gasteiger partial charge in [0.2, 0.25) is 11.8 Å². The summed E-state index contributed by atoms with van der Waals surface area (Å²) in [6, 6.07) is 15.8. The molecule has 12 heteroatoms. The number of amides is 2. The maximum absolute atomic E-state index is 13.9. The van der Waals surface area contributed by atoms with Crippen LogP contribution >= 0.6 is 46.4 Å². The summed E-state index contributed by atoms with van der Waals surface area (Å²) in [4.78, 5) is 27.8. The van der Waals surface area contributed by atoms with Gasteiger partial charge in [0.1, 0.15) is 12.6 Å². The lowest BCUT2D eigenvalue weighted by molar-refractivity contribution is -0.139. The first-order valence-electron chi connectivity index (χ1n) is 11.5. The van der Waals surface area contributed by atoms with Gasteiger partial charge < -0.3 is 10.2 Å². The summed E-state index contributed by atoms with van der Waals surface area (Å²) < 4.78 is 28.4. The second-order valence-corrected chi connectivity index (χ2v) is 11.7. The van der Waals surface area contributed by atoms with Crippen molar-refractivity contribution in [3.05, 3.63) is 92.4 Å². The Morgan fingerprint density at radius 3 is 2.13 bits per heavy atom. The molecule has 7 nitrogen and oxygen atoms in total. The molecule has 0 aliphatic rings. The van der Waals surface area contributed by atoms with Gasteiger partial charge in [-0.1, -0.05) is 70.7 Å². The fourth-order valence-corrected chi connectivity index (χ4v) is 6.07. The number of benzene rings is 3. The summed E-state index contributed by atoms with van der Waals surface area (Å²) >= 11 is 25.3. The van der Waals surface area contributed by atoms with Crippen LogP contribution in [-0.2, 0) is 26.2 Å². The standard InChI is InChI=1S/C26H25Cl4N3O4S/c1-3-31-26(35)17(2)32(15-20-21(28)10-7-11-22(20)29)25(34)16-33(24-14-18(27)12-13-23(24)30)38(36,37)19-8-5-4-6-9-19/h4-14,17H,3,15-16H2,1-2H3,(H,31,35). The predicted octanol–water partition coefficient (Wildman–Crippen LogP) is 6.05. The molecular weight excluding hydrogens is 592 g/mol. The zero-order valence-electron chi connectivity index (χ0n) is 20.5. The van der Waals surface area contributed by atoms with Crippen LogP contribution in [-0.4, -0.2) is 44.3 Å². The highest BCUT2D eigenvalue weighted by atomic mass is 35.5. The van der Waals surface area contributed by atoms with Crippen molar-refractivity contribution in [1.82, 2.24) is 10.2 Å². The number of sulfonamides is 1. The van der Waals surface area contributed by atoms with Gasteiger partial charge in [-0.25, -0.2) is 8.42 Å². The van der Waals surface area contributed by atoms with Crippen LogP contribution in [0.2, 0.25) is 20.1 Å². The van der Waals surface area contributed by atoms with Gasteiger partial charge >= 0.3 is 0 Å². The minimum absolute atomic E-state index is 0.0118. The second-order valence-electron chi connectivity index (χ2n) is 8.21. The molecule has 0 spiro atoms. The summed E-state index contributed by atoms with van der Waals surface area (Å²) in [5, 5.41) is 3.57. The molecule has 202 valence electrons. The van der Waals surface area contributed by atoms with Crippen LogP contribution in [0.25, 0.3) is 0 Å². The van der Waals surface area contributed by atoms with Gasteiger partial charge in [0.15, 0.2) is 0 Å². The predicted molar refractivity (Wildman–Crippen MR) is 153 cm³/mol. The molecule has 0 aliphatic carbocycles. The Balaban J connectivity index is 2.10. The largest absolute Gasteiger partial charge is 0.355 e. The number of likely N-dealkylation sites (N-methyl/N-ethyl adjacent to an activating group) is 1. The molecule has 3 aromatic rings. The molecule has 0 radical (unpaired) electrons. The first kappa shape index (κ1) is 30.1. The quantitative estimate of drug-likeness (QED) is 0.300. The lowest BCUT2D eigenvalue weighted by atomic mass is 10.1. The third-order valence-electron chi connectivity index (χ3n) is 5.70. The molecule has 1 unspecified atom stereocenters. The van der Waals surface area contributed by atoms with E-state index in [2.05, 4.69) is 5.32 Å². The van der Waals surface area contributed by atoms with Gasteiger partial charge in [0.25, 0.3) is 10.0 Å². The highest BCUT2D eigenvalue weighted by Gasteiger charge is 2.34. The van der Waals surface area contributed by atoms with Crippen molar-refractivity contribution in [3.8, 4) is 0 Å². The van der Waals surface area contributed by atoms with Crippen molar-refractivity contribution >= 4 is 73.9 Å². The van der Waals surface area contributed by atoms with Gasteiger partial charge in [0.05, 0.1) is 15.6 Å². The summed E-state index contributed by atoms with van der Waals surface area (Å²) in [7, 11) is -4.28. The van der Waals surface area contributed by atoms with Crippen LogP contribution in [0, 0.1) is 0 Å². The zero-order valence-corrected chi connectivity index (χ0v) is 24.3. The van der Waals surface area contributed by atoms with Crippen molar-refractivity contribution < 1.29 is 18.0 Å². The Morgan fingerprint density at radius 1 is 0.895 bits per heavy atom. The molecule has 38 heavy (non-hydrogen) atoms. The van der Waals surface area contributed by atoms with Crippen LogP contribution in [0.15, 0.2) is 71.6 Å². The van der Waals surface area contributed by atoms with E-state index in [0.29, 0.717) is 22.2 Å². The number of anilines is 1. The first-order valence-corrected chi connectivity index (χ1v) is 14.5. The van der Waals surface area contributed by atoms with E-state index in [1.54, 1.807) is 43.3 Å². The van der Waals surface area contributed by atoms with E-state index in [1.165, 1.54) is 42.2 Å². The topological polar surface area (TPSA) is 86.8 Å². The molecule has 3 rings (SSSR count). The highest BCUT2D eigenvalue weighted by molar-refractivity contribution is 7.92. The fraction of sp³-hybridized carbons (Fsp3) is 0.231. The highest BCUT2D eigenvalue weighted by Crippen LogP contribution is 2.33. The Bertz CT molecular complexity index is 1400. The third kappa shape index (κ3) is 6.93. The van der Waals surface area contributed by atoms with Crippen LogP contribution in [0.1, 0.15) is 19.4 Å². The number of nitrogens with one attached hydrogen (secondary N) is 1. The summed E-state index contributed by atoms with van der Waals surface area (Å²) in [5.41, 5.74) is 0.427. The second kappa shape index (κ2) is 13.0. The average molecular weight is 617 g/mol. The summed E-state index contributed by atoms with van der Waals surface area (Å²) in [5.74, 6) is -1.11. The van der Waals surface area contributed by atoms with Crippen LogP contribution < -0.4 is 9.62 Å². The number of carbonyl (C=O) groups is 2. The van der Waals surface area contributed by atoms with Gasteiger partial charge in [-0.05, 0) is 56.3 Å². The SMILES string of the molecule is CCNC(=O)C(C)N(Cc1c(Cl)cccc1Cl)C(=O)CN(c1cc(Cl)ccc1Cl)S(=O)(=O)c1ccccc1. The monoisotopic (exact) mass is 615 g/mol. The van der Waals surface area contributed by atoms with Gasteiger partial charge in [-0.15, -0.1) is 0 Å². The summed E-state index contributed by atoms with van der Waals surface area (Å²) in [6.45, 7) is 2.80. The fourth-order valence-electron chi connectivity index (χ4n) is 3.67. The maximum atomic E-state index is 13.9. The first-order chi connectivity index (χ1) is 18.0. The molecule has 0 aromatic heterocycles. The zero-order chi connectivity index (χ0) is 28.0. The Hall–Kier alpha value is -2.49. The van der Waals surface area contributed by atoms with Gasteiger partial charge in [0, 0.05) is 33.7 Å². The molecule has 0 heterocycles. The minimum Gasteiger partial charge on any atom is -0.355 e. The van der Waals surface area contributed by atoms with Crippen molar-refractivity contribution in [3.63, 3.8) is 0 Å². The summed E-state index contributed by atoms with van der Waals surface area (Å²) in [6.07, 6.45) is 0. The Labute approximate surface area is 242 Å². The third-order valence-corrected chi connectivity index (χ3v) is 8.73. The van der Waals surface area contributed by atoms with Crippen molar-refractivity contribution in [2.24, 2.45) is 0 Å². The molecule has 1 N–H and O–H groups in total. The van der Waals surface area contributed by atoms with Crippen LogP contribution in [0.3, 0.4) is 0 Å². The van der Waals surface area contributed by atoms with E-state index in [0.717, 1.165) is 4.31 Å². The van der Waals surface area contributed by atoms with Gasteiger partial charge in [-0.3, -0.25) is 13.9 Å².